The standard InChI is InChI=1S/C17H22ClN5O.ClH/c1-11-10-12(2)23(21-11)15-5-4-14(18)16(20-15)17(24)22(3)13-6-8-19-9-7-13;/h4-5,10,13,19H,6-9H2,1-3H3;1H. The molecule has 1 saturated heterocycles. The van der Waals surface area contributed by atoms with Crippen molar-refractivity contribution in [3.8, 4) is 5.82 Å². The van der Waals surface area contributed by atoms with E-state index in [2.05, 4.69) is 15.4 Å². The summed E-state index contributed by atoms with van der Waals surface area (Å²) in [4.78, 5) is 19.1. The van der Waals surface area contributed by atoms with Gasteiger partial charge in [0, 0.05) is 18.8 Å². The van der Waals surface area contributed by atoms with E-state index < -0.39 is 0 Å². The number of hydrogen-bond donors (Lipinski definition) is 1. The van der Waals surface area contributed by atoms with Crippen molar-refractivity contribution in [1.29, 1.82) is 0 Å². The van der Waals surface area contributed by atoms with Gasteiger partial charge in [-0.25, -0.2) is 9.67 Å². The van der Waals surface area contributed by atoms with Crippen molar-refractivity contribution in [3.05, 3.63) is 40.3 Å². The van der Waals surface area contributed by atoms with E-state index in [1.54, 1.807) is 21.7 Å². The first-order chi connectivity index (χ1) is 11.5. The van der Waals surface area contributed by atoms with Crippen LogP contribution < -0.4 is 5.32 Å². The highest BCUT2D eigenvalue weighted by Gasteiger charge is 2.25. The minimum Gasteiger partial charge on any atom is -0.337 e. The maximum Gasteiger partial charge on any atom is 0.274 e. The number of amides is 1. The van der Waals surface area contributed by atoms with Crippen LogP contribution in [0.4, 0.5) is 0 Å². The van der Waals surface area contributed by atoms with Crippen molar-refractivity contribution in [2.75, 3.05) is 20.1 Å². The number of piperidine rings is 1. The van der Waals surface area contributed by atoms with E-state index in [1.807, 2.05) is 27.0 Å². The average Bonchev–Trinajstić information content (AvgIpc) is 2.93. The fraction of sp³-hybridized carbons (Fsp3) is 0.471. The number of aryl methyl sites for hydroxylation is 2. The molecule has 0 unspecified atom stereocenters. The predicted octanol–water partition coefficient (Wildman–Crippen LogP) is 2.78. The summed E-state index contributed by atoms with van der Waals surface area (Å²) in [5.41, 5.74) is 2.15. The lowest BCUT2D eigenvalue weighted by Gasteiger charge is -2.31. The Morgan fingerprint density at radius 1 is 1.32 bits per heavy atom. The SMILES string of the molecule is Cc1cc(C)n(-c2ccc(Cl)c(C(=O)N(C)C3CCNCC3)n2)n1.Cl. The maximum absolute atomic E-state index is 12.9. The first-order valence-electron chi connectivity index (χ1n) is 8.15. The highest BCUT2D eigenvalue weighted by molar-refractivity contribution is 6.33. The molecule has 1 N–H and O–H groups in total. The molecule has 0 atom stereocenters. The van der Waals surface area contributed by atoms with E-state index in [0.717, 1.165) is 37.3 Å². The maximum atomic E-state index is 12.9. The van der Waals surface area contributed by atoms with Gasteiger partial charge in [-0.1, -0.05) is 11.6 Å². The predicted molar refractivity (Wildman–Crippen MR) is 101 cm³/mol. The van der Waals surface area contributed by atoms with Crippen LogP contribution >= 0.6 is 24.0 Å². The Hall–Kier alpha value is -1.63. The molecule has 1 amide bonds. The number of carbonyl (C=O) groups excluding carboxylic acids is 1. The van der Waals surface area contributed by atoms with Gasteiger partial charge in [0.2, 0.25) is 0 Å². The van der Waals surface area contributed by atoms with Crippen LogP contribution in [-0.4, -0.2) is 51.8 Å². The van der Waals surface area contributed by atoms with Gasteiger partial charge < -0.3 is 10.2 Å². The quantitative estimate of drug-likeness (QED) is 0.884. The second-order valence-corrected chi connectivity index (χ2v) is 6.64. The molecule has 1 aliphatic heterocycles. The number of nitrogens with zero attached hydrogens (tertiary/aromatic N) is 4. The van der Waals surface area contributed by atoms with Crippen LogP contribution in [0.3, 0.4) is 0 Å². The molecule has 2 aromatic heterocycles. The fourth-order valence-corrected chi connectivity index (χ4v) is 3.27. The van der Waals surface area contributed by atoms with Gasteiger partial charge in [-0.2, -0.15) is 5.10 Å². The Labute approximate surface area is 159 Å². The Bertz CT molecular complexity index is 755. The first kappa shape index (κ1) is 19.7. The van der Waals surface area contributed by atoms with Crippen molar-refractivity contribution >= 4 is 29.9 Å². The van der Waals surface area contributed by atoms with Gasteiger partial charge in [-0.3, -0.25) is 4.79 Å². The summed E-state index contributed by atoms with van der Waals surface area (Å²) in [5, 5.41) is 8.10. The molecule has 25 heavy (non-hydrogen) atoms. The van der Waals surface area contributed by atoms with E-state index in [-0.39, 0.29) is 30.0 Å². The van der Waals surface area contributed by atoms with Gasteiger partial charge in [0.25, 0.3) is 5.91 Å². The number of hydrogen-bond acceptors (Lipinski definition) is 4. The zero-order valence-electron chi connectivity index (χ0n) is 14.6. The summed E-state index contributed by atoms with van der Waals surface area (Å²) in [6.45, 7) is 5.74. The second kappa shape index (κ2) is 8.17. The van der Waals surface area contributed by atoms with Crippen molar-refractivity contribution in [3.63, 3.8) is 0 Å². The zero-order chi connectivity index (χ0) is 17.3. The average molecular weight is 384 g/mol. The van der Waals surface area contributed by atoms with Crippen LogP contribution in [0.5, 0.6) is 0 Å². The normalized spacial score (nSPS) is 14.9. The monoisotopic (exact) mass is 383 g/mol. The summed E-state index contributed by atoms with van der Waals surface area (Å²) in [5.74, 6) is 0.461. The molecular weight excluding hydrogens is 361 g/mol. The summed E-state index contributed by atoms with van der Waals surface area (Å²) in [6, 6.07) is 5.68. The number of halogens is 2. The molecular formula is C17H23Cl2N5O. The molecule has 0 aromatic carbocycles. The molecule has 8 heteroatoms. The highest BCUT2D eigenvalue weighted by atomic mass is 35.5. The molecule has 0 bridgehead atoms. The van der Waals surface area contributed by atoms with E-state index in [9.17, 15) is 4.79 Å². The van der Waals surface area contributed by atoms with Crippen LogP contribution in [0.15, 0.2) is 18.2 Å². The third-order valence-corrected chi connectivity index (χ3v) is 4.74. The fourth-order valence-electron chi connectivity index (χ4n) is 3.09. The summed E-state index contributed by atoms with van der Waals surface area (Å²) < 4.78 is 1.73. The molecule has 2 aromatic rings. The molecule has 3 rings (SSSR count). The molecule has 6 nitrogen and oxygen atoms in total. The molecule has 0 radical (unpaired) electrons. The van der Waals surface area contributed by atoms with Crippen LogP contribution in [-0.2, 0) is 0 Å². The molecule has 1 fully saturated rings. The van der Waals surface area contributed by atoms with Crippen molar-refractivity contribution < 1.29 is 4.79 Å². The van der Waals surface area contributed by atoms with Gasteiger partial charge in [0.1, 0.15) is 5.69 Å². The lowest BCUT2D eigenvalue weighted by atomic mass is 10.1. The topological polar surface area (TPSA) is 63.1 Å². The number of aromatic nitrogens is 3. The Kier molecular flexibility index (Phi) is 6.43. The molecule has 136 valence electrons. The van der Waals surface area contributed by atoms with E-state index in [4.69, 9.17) is 11.6 Å². The van der Waals surface area contributed by atoms with Gasteiger partial charge >= 0.3 is 0 Å². The van der Waals surface area contributed by atoms with Gasteiger partial charge in [-0.15, -0.1) is 12.4 Å². The highest BCUT2D eigenvalue weighted by Crippen LogP contribution is 2.21. The van der Waals surface area contributed by atoms with Crippen LogP contribution in [0, 0.1) is 13.8 Å². The molecule has 1 aliphatic rings. The Morgan fingerprint density at radius 3 is 2.60 bits per heavy atom. The minimum atomic E-state index is -0.143. The number of pyridine rings is 1. The van der Waals surface area contributed by atoms with Crippen molar-refractivity contribution in [2.24, 2.45) is 0 Å². The van der Waals surface area contributed by atoms with Gasteiger partial charge in [0.05, 0.1) is 10.7 Å². The van der Waals surface area contributed by atoms with Gasteiger partial charge in [-0.05, 0) is 58.0 Å². The molecule has 0 spiro atoms. The lowest BCUT2D eigenvalue weighted by molar-refractivity contribution is 0.0697. The molecule has 0 aliphatic carbocycles. The van der Waals surface area contributed by atoms with E-state index in [1.165, 1.54) is 0 Å². The number of rotatable bonds is 3. The summed E-state index contributed by atoms with van der Waals surface area (Å²) in [7, 11) is 1.83. The lowest BCUT2D eigenvalue weighted by Crippen LogP contribution is -2.44. The van der Waals surface area contributed by atoms with Crippen LogP contribution in [0.2, 0.25) is 5.02 Å². The first-order valence-corrected chi connectivity index (χ1v) is 8.53. The van der Waals surface area contributed by atoms with E-state index >= 15 is 0 Å². The molecule has 0 saturated carbocycles. The summed E-state index contributed by atoms with van der Waals surface area (Å²) >= 11 is 6.25. The Morgan fingerprint density at radius 2 is 2.00 bits per heavy atom. The second-order valence-electron chi connectivity index (χ2n) is 6.24. The van der Waals surface area contributed by atoms with E-state index in [0.29, 0.717) is 10.8 Å². The van der Waals surface area contributed by atoms with Crippen LogP contribution in [0.25, 0.3) is 5.82 Å². The number of carbonyl (C=O) groups is 1. The largest absolute Gasteiger partial charge is 0.337 e. The van der Waals surface area contributed by atoms with Crippen molar-refractivity contribution in [1.82, 2.24) is 25.0 Å². The van der Waals surface area contributed by atoms with Gasteiger partial charge in [0.15, 0.2) is 5.82 Å². The minimum absolute atomic E-state index is 0. The summed E-state index contributed by atoms with van der Waals surface area (Å²) in [6.07, 6.45) is 1.88. The van der Waals surface area contributed by atoms with Crippen LogP contribution in [0.1, 0.15) is 34.7 Å². The third-order valence-electron chi connectivity index (χ3n) is 4.44. The zero-order valence-corrected chi connectivity index (χ0v) is 16.2. The number of nitrogens with one attached hydrogen (secondary N) is 1. The Balaban J connectivity index is 0.00000225. The smallest absolute Gasteiger partial charge is 0.274 e. The van der Waals surface area contributed by atoms with Crippen molar-refractivity contribution in [2.45, 2.75) is 32.7 Å². The third kappa shape index (κ3) is 4.14. The molecule has 3 heterocycles.